The Morgan fingerprint density at radius 1 is 1.10 bits per heavy atom. The molecule has 2 aromatic rings. The number of halogens is 1. The first-order chi connectivity index (χ1) is 14.6. The van der Waals surface area contributed by atoms with E-state index in [1.54, 1.807) is 11.8 Å². The van der Waals surface area contributed by atoms with Crippen molar-refractivity contribution in [1.82, 2.24) is 4.90 Å². The van der Waals surface area contributed by atoms with Gasteiger partial charge in [0.15, 0.2) is 5.17 Å². The minimum atomic E-state index is 0.0557. The third-order valence-electron chi connectivity index (χ3n) is 5.08. The predicted octanol–water partition coefficient (Wildman–Crippen LogP) is 6.03. The van der Waals surface area contributed by atoms with Crippen molar-refractivity contribution in [3.8, 4) is 0 Å². The van der Waals surface area contributed by atoms with Crippen LogP contribution in [0.2, 0.25) is 5.02 Å². The number of anilines is 1. The highest BCUT2D eigenvalue weighted by Gasteiger charge is 2.38. The van der Waals surface area contributed by atoms with Crippen LogP contribution < -0.4 is 4.90 Å². The van der Waals surface area contributed by atoms with Gasteiger partial charge in [-0.1, -0.05) is 67.0 Å². The van der Waals surface area contributed by atoms with Crippen LogP contribution in [0.15, 0.2) is 68.4 Å². The van der Waals surface area contributed by atoms with Crippen LogP contribution in [0.25, 0.3) is 0 Å². The molecule has 156 valence electrons. The number of carbonyl (C=O) groups excluding carboxylic acids is 1. The minimum Gasteiger partial charge on any atom is -0.337 e. The number of benzene rings is 2. The molecule has 1 amide bonds. The molecule has 0 radical (unpaired) electrons. The van der Waals surface area contributed by atoms with Gasteiger partial charge in [-0.2, -0.15) is 0 Å². The summed E-state index contributed by atoms with van der Waals surface area (Å²) in [6.45, 7) is 3.51. The Labute approximate surface area is 191 Å². The zero-order valence-electron chi connectivity index (χ0n) is 17.1. The van der Waals surface area contributed by atoms with Crippen LogP contribution in [0.5, 0.6) is 0 Å². The number of aliphatic imine (C=N–C) groups is 1. The van der Waals surface area contributed by atoms with E-state index in [1.807, 2.05) is 48.3 Å². The average molecular weight is 458 g/mol. The third-order valence-corrected chi connectivity index (χ3v) is 7.78. The second kappa shape index (κ2) is 9.50. The van der Waals surface area contributed by atoms with Gasteiger partial charge in [0.25, 0.3) is 5.91 Å². The Morgan fingerprint density at radius 2 is 1.90 bits per heavy atom. The highest BCUT2D eigenvalue weighted by Crippen LogP contribution is 2.50. The van der Waals surface area contributed by atoms with Crippen molar-refractivity contribution in [1.29, 1.82) is 0 Å². The number of fused-ring (bicyclic) bond motifs is 1. The van der Waals surface area contributed by atoms with Gasteiger partial charge in [0.2, 0.25) is 0 Å². The lowest BCUT2D eigenvalue weighted by Crippen LogP contribution is -2.31. The average Bonchev–Trinajstić information content (AvgIpc) is 3.24. The predicted molar refractivity (Wildman–Crippen MR) is 129 cm³/mol. The van der Waals surface area contributed by atoms with Crippen LogP contribution in [-0.2, 0) is 11.2 Å². The normalized spacial score (nSPS) is 19.8. The molecule has 0 saturated carbocycles. The first kappa shape index (κ1) is 21.3. The van der Waals surface area contributed by atoms with Crippen LogP contribution in [0.1, 0.15) is 25.3 Å². The molecule has 2 aliphatic rings. The van der Waals surface area contributed by atoms with Crippen LogP contribution in [-0.4, -0.2) is 36.1 Å². The molecule has 0 atom stereocenters. The van der Waals surface area contributed by atoms with E-state index in [9.17, 15) is 4.79 Å². The molecule has 0 bridgehead atoms. The minimum absolute atomic E-state index is 0.0557. The van der Waals surface area contributed by atoms with E-state index in [1.165, 1.54) is 17.3 Å². The van der Waals surface area contributed by atoms with Crippen molar-refractivity contribution in [2.75, 3.05) is 25.0 Å². The summed E-state index contributed by atoms with van der Waals surface area (Å²) < 4.78 is 0. The number of carbonyl (C=O) groups is 1. The standard InChI is InChI=1S/C23H24ClN3OS2/c1-3-4-14-27-21(28)20(22-26(2)18-15-17(24)10-11-19(18)29-22)30-23(27)25-13-12-16-8-6-5-7-9-16/h5-11,15H,3-4,12-14H2,1-2H3/b22-20-,25-23?. The first-order valence-electron chi connectivity index (χ1n) is 10.1. The fraction of sp³-hybridized carbons (Fsp3) is 0.304. The van der Waals surface area contributed by atoms with E-state index in [2.05, 4.69) is 24.0 Å². The van der Waals surface area contributed by atoms with Crippen molar-refractivity contribution >= 4 is 51.9 Å². The zero-order valence-corrected chi connectivity index (χ0v) is 19.5. The molecular weight excluding hydrogens is 434 g/mol. The number of unbranched alkanes of at least 4 members (excludes halogenated alkanes) is 1. The molecule has 1 fully saturated rings. The van der Waals surface area contributed by atoms with E-state index < -0.39 is 0 Å². The van der Waals surface area contributed by atoms with E-state index in [0.29, 0.717) is 18.1 Å². The number of hydrogen-bond acceptors (Lipinski definition) is 5. The maximum absolute atomic E-state index is 13.3. The molecule has 0 N–H and O–H groups in total. The summed E-state index contributed by atoms with van der Waals surface area (Å²) in [4.78, 5) is 23.9. The van der Waals surface area contributed by atoms with Gasteiger partial charge in [0.05, 0.1) is 10.7 Å². The Balaban J connectivity index is 1.58. The van der Waals surface area contributed by atoms with Gasteiger partial charge in [0.1, 0.15) is 4.91 Å². The van der Waals surface area contributed by atoms with Crippen LogP contribution in [0.4, 0.5) is 5.69 Å². The summed E-state index contributed by atoms with van der Waals surface area (Å²) in [5.41, 5.74) is 2.30. The molecule has 2 heterocycles. The molecule has 0 aliphatic carbocycles. The maximum atomic E-state index is 13.3. The lowest BCUT2D eigenvalue weighted by molar-refractivity contribution is -0.122. The van der Waals surface area contributed by atoms with Crippen molar-refractivity contribution in [3.05, 3.63) is 69.1 Å². The SMILES string of the molecule is CCCCN1C(=O)/C(=C2/Sc3ccc(Cl)cc3N2C)SC1=NCCc1ccccc1. The lowest BCUT2D eigenvalue weighted by atomic mass is 10.2. The van der Waals surface area contributed by atoms with Crippen molar-refractivity contribution < 1.29 is 4.79 Å². The van der Waals surface area contributed by atoms with Gasteiger partial charge in [-0.25, -0.2) is 0 Å². The second-order valence-corrected chi connectivity index (χ2v) is 9.66. The van der Waals surface area contributed by atoms with Gasteiger partial charge >= 0.3 is 0 Å². The summed E-state index contributed by atoms with van der Waals surface area (Å²) in [7, 11) is 1.99. The number of amidine groups is 1. The summed E-state index contributed by atoms with van der Waals surface area (Å²) in [6.07, 6.45) is 2.87. The highest BCUT2D eigenvalue weighted by atomic mass is 35.5. The van der Waals surface area contributed by atoms with Crippen LogP contribution in [0.3, 0.4) is 0 Å². The van der Waals surface area contributed by atoms with Crippen molar-refractivity contribution in [2.45, 2.75) is 31.1 Å². The van der Waals surface area contributed by atoms with Gasteiger partial charge in [-0.3, -0.25) is 14.7 Å². The van der Waals surface area contributed by atoms with Crippen LogP contribution in [0, 0.1) is 0 Å². The summed E-state index contributed by atoms with van der Waals surface area (Å²) in [5.74, 6) is 0.0557. The molecule has 0 aromatic heterocycles. The van der Waals surface area contributed by atoms with E-state index in [-0.39, 0.29) is 5.91 Å². The Hall–Kier alpha value is -1.89. The molecule has 4 nitrogen and oxygen atoms in total. The summed E-state index contributed by atoms with van der Waals surface area (Å²) >= 11 is 9.31. The number of hydrogen-bond donors (Lipinski definition) is 0. The highest BCUT2D eigenvalue weighted by molar-refractivity contribution is 8.19. The number of rotatable bonds is 6. The van der Waals surface area contributed by atoms with Crippen LogP contribution >= 0.6 is 35.1 Å². The fourth-order valence-corrected chi connectivity index (χ4v) is 5.93. The Bertz CT molecular complexity index is 1010. The third kappa shape index (κ3) is 4.41. The largest absolute Gasteiger partial charge is 0.337 e. The van der Waals surface area contributed by atoms with Gasteiger partial charge in [-0.05, 0) is 48.4 Å². The molecule has 0 spiro atoms. The Kier molecular flexibility index (Phi) is 6.76. The lowest BCUT2D eigenvalue weighted by Gasteiger charge is -2.16. The first-order valence-corrected chi connectivity index (χ1v) is 12.1. The molecule has 4 rings (SSSR count). The number of amides is 1. The van der Waals surface area contributed by atoms with E-state index in [4.69, 9.17) is 16.6 Å². The summed E-state index contributed by atoms with van der Waals surface area (Å²) in [5, 5.41) is 2.47. The van der Waals surface area contributed by atoms with E-state index >= 15 is 0 Å². The molecule has 1 saturated heterocycles. The topological polar surface area (TPSA) is 35.9 Å². The molecule has 0 unspecified atom stereocenters. The monoisotopic (exact) mass is 457 g/mol. The van der Waals surface area contributed by atoms with Gasteiger partial charge < -0.3 is 4.90 Å². The summed E-state index contributed by atoms with van der Waals surface area (Å²) in [6, 6.07) is 16.2. The quantitative estimate of drug-likeness (QED) is 0.496. The van der Waals surface area contributed by atoms with Gasteiger partial charge in [-0.15, -0.1) is 0 Å². The Morgan fingerprint density at radius 3 is 2.67 bits per heavy atom. The molecular formula is C23H24ClN3OS2. The molecule has 7 heteroatoms. The maximum Gasteiger partial charge on any atom is 0.269 e. The molecule has 30 heavy (non-hydrogen) atoms. The van der Waals surface area contributed by atoms with Gasteiger partial charge in [0, 0.05) is 30.1 Å². The molecule has 2 aliphatic heterocycles. The zero-order chi connectivity index (χ0) is 21.1. The fourth-order valence-electron chi connectivity index (χ4n) is 3.41. The molecule has 2 aromatic carbocycles. The number of nitrogens with zero attached hydrogens (tertiary/aromatic N) is 3. The number of thioether (sulfide) groups is 2. The van der Waals surface area contributed by atoms with E-state index in [0.717, 1.165) is 44.9 Å². The van der Waals surface area contributed by atoms with Crippen molar-refractivity contribution in [2.24, 2.45) is 4.99 Å². The second-order valence-electron chi connectivity index (χ2n) is 7.22. The smallest absolute Gasteiger partial charge is 0.269 e. The van der Waals surface area contributed by atoms with Crippen molar-refractivity contribution in [3.63, 3.8) is 0 Å².